The average Bonchev–Trinajstić information content (AvgIpc) is 2.70. The first-order chi connectivity index (χ1) is 12.7. The van der Waals surface area contributed by atoms with E-state index in [2.05, 4.69) is 20.8 Å². The molecule has 1 heterocycles. The minimum atomic E-state index is 0.0363. The molecule has 1 saturated carbocycles. The summed E-state index contributed by atoms with van der Waals surface area (Å²) < 4.78 is 10.6. The largest absolute Gasteiger partial charge is 0.497 e. The van der Waals surface area contributed by atoms with E-state index in [-0.39, 0.29) is 11.8 Å². The Morgan fingerprint density at radius 2 is 1.73 bits per heavy atom. The molecule has 2 aromatic rings. The molecule has 26 heavy (non-hydrogen) atoms. The number of nitrogens with zero attached hydrogens (tertiary/aromatic N) is 2. The van der Waals surface area contributed by atoms with Gasteiger partial charge in [-0.15, -0.1) is 10.2 Å². The van der Waals surface area contributed by atoms with Crippen LogP contribution in [0.5, 0.6) is 11.5 Å². The summed E-state index contributed by atoms with van der Waals surface area (Å²) in [7, 11) is 3.21. The summed E-state index contributed by atoms with van der Waals surface area (Å²) in [6.07, 6.45) is 5.37. The summed E-state index contributed by atoms with van der Waals surface area (Å²) in [6.45, 7) is 0. The number of aromatic nitrogens is 2. The van der Waals surface area contributed by atoms with Gasteiger partial charge in [-0.25, -0.2) is 0 Å². The molecule has 0 spiro atoms. The highest BCUT2D eigenvalue weighted by molar-refractivity contribution is 5.91. The molecule has 1 aromatic heterocycles. The van der Waals surface area contributed by atoms with Gasteiger partial charge in [-0.2, -0.15) is 0 Å². The minimum absolute atomic E-state index is 0.0363. The van der Waals surface area contributed by atoms with Crippen LogP contribution in [0.4, 0.5) is 17.3 Å². The van der Waals surface area contributed by atoms with Gasteiger partial charge in [-0.3, -0.25) is 4.79 Å². The number of carbonyl (C=O) groups is 1. The fraction of sp³-hybridized carbons (Fsp3) is 0.421. The lowest BCUT2D eigenvalue weighted by Crippen LogP contribution is -2.25. The molecule has 1 fully saturated rings. The van der Waals surface area contributed by atoms with Crippen LogP contribution < -0.4 is 20.1 Å². The van der Waals surface area contributed by atoms with Crippen molar-refractivity contribution in [3.05, 3.63) is 30.3 Å². The number of methoxy groups -OCH3 is 2. The smallest absolute Gasteiger partial charge is 0.228 e. The first-order valence-electron chi connectivity index (χ1n) is 8.83. The van der Waals surface area contributed by atoms with Crippen LogP contribution in [0.25, 0.3) is 0 Å². The van der Waals surface area contributed by atoms with Crippen molar-refractivity contribution in [1.29, 1.82) is 0 Å². The Morgan fingerprint density at radius 3 is 2.38 bits per heavy atom. The third-order valence-corrected chi connectivity index (χ3v) is 4.56. The average molecular weight is 356 g/mol. The highest BCUT2D eigenvalue weighted by atomic mass is 16.5. The van der Waals surface area contributed by atoms with Gasteiger partial charge < -0.3 is 20.1 Å². The van der Waals surface area contributed by atoms with E-state index in [1.165, 1.54) is 6.42 Å². The molecule has 0 unspecified atom stereocenters. The summed E-state index contributed by atoms with van der Waals surface area (Å²) in [5.74, 6) is 2.51. The van der Waals surface area contributed by atoms with E-state index in [9.17, 15) is 4.79 Å². The third kappa shape index (κ3) is 4.41. The normalized spacial score (nSPS) is 14.5. The second kappa shape index (κ2) is 8.51. The zero-order valence-electron chi connectivity index (χ0n) is 15.1. The van der Waals surface area contributed by atoms with Gasteiger partial charge in [0.1, 0.15) is 11.5 Å². The molecule has 1 aromatic carbocycles. The van der Waals surface area contributed by atoms with E-state index < -0.39 is 0 Å². The van der Waals surface area contributed by atoms with E-state index in [4.69, 9.17) is 9.47 Å². The van der Waals surface area contributed by atoms with Crippen molar-refractivity contribution in [2.75, 3.05) is 24.9 Å². The maximum absolute atomic E-state index is 12.3. The van der Waals surface area contributed by atoms with Crippen LogP contribution in [0, 0.1) is 5.92 Å². The van der Waals surface area contributed by atoms with Crippen LogP contribution in [-0.4, -0.2) is 30.3 Å². The topological polar surface area (TPSA) is 85.4 Å². The Labute approximate surface area is 153 Å². The van der Waals surface area contributed by atoms with Crippen LogP contribution in [0.1, 0.15) is 32.1 Å². The number of anilines is 3. The lowest BCUT2D eigenvalue weighted by atomic mass is 9.89. The molecule has 0 atom stereocenters. The summed E-state index contributed by atoms with van der Waals surface area (Å²) in [5.41, 5.74) is 0.722. The second-order valence-electron chi connectivity index (χ2n) is 6.32. The zero-order chi connectivity index (χ0) is 18.4. The van der Waals surface area contributed by atoms with Gasteiger partial charge in [0.15, 0.2) is 11.6 Å². The molecule has 1 amide bonds. The van der Waals surface area contributed by atoms with E-state index in [1.807, 2.05) is 18.2 Å². The Morgan fingerprint density at radius 1 is 1.00 bits per heavy atom. The van der Waals surface area contributed by atoms with Crippen LogP contribution in [0.15, 0.2) is 30.3 Å². The van der Waals surface area contributed by atoms with Crippen LogP contribution in [-0.2, 0) is 4.79 Å². The van der Waals surface area contributed by atoms with Gasteiger partial charge in [0.25, 0.3) is 0 Å². The van der Waals surface area contributed by atoms with Crippen molar-refractivity contribution in [3.63, 3.8) is 0 Å². The first kappa shape index (κ1) is 18.0. The predicted molar refractivity (Wildman–Crippen MR) is 100 cm³/mol. The van der Waals surface area contributed by atoms with E-state index in [0.717, 1.165) is 31.4 Å². The molecule has 7 heteroatoms. The Bertz CT molecular complexity index is 743. The number of ether oxygens (including phenoxy) is 2. The van der Waals surface area contributed by atoms with Crippen LogP contribution in [0.2, 0.25) is 0 Å². The summed E-state index contributed by atoms with van der Waals surface area (Å²) in [4.78, 5) is 12.3. The summed E-state index contributed by atoms with van der Waals surface area (Å²) in [5, 5.41) is 14.2. The maximum Gasteiger partial charge on any atom is 0.228 e. The van der Waals surface area contributed by atoms with Crippen molar-refractivity contribution >= 4 is 23.2 Å². The van der Waals surface area contributed by atoms with Crippen molar-refractivity contribution in [2.45, 2.75) is 32.1 Å². The quantitative estimate of drug-likeness (QED) is 0.820. The number of carbonyl (C=O) groups excluding carboxylic acids is 1. The molecular formula is C19H24N4O3. The second-order valence-corrected chi connectivity index (χ2v) is 6.32. The lowest BCUT2D eigenvalue weighted by molar-refractivity contribution is -0.120. The Balaban J connectivity index is 1.65. The molecule has 0 aliphatic heterocycles. The molecule has 1 aliphatic carbocycles. The van der Waals surface area contributed by atoms with Crippen molar-refractivity contribution in [1.82, 2.24) is 10.2 Å². The van der Waals surface area contributed by atoms with E-state index in [1.54, 1.807) is 26.4 Å². The van der Waals surface area contributed by atoms with Gasteiger partial charge in [-0.05, 0) is 37.1 Å². The van der Waals surface area contributed by atoms with Crippen molar-refractivity contribution in [3.8, 4) is 11.5 Å². The highest BCUT2D eigenvalue weighted by Crippen LogP contribution is 2.31. The number of benzene rings is 1. The molecular weight excluding hydrogens is 332 g/mol. The third-order valence-electron chi connectivity index (χ3n) is 4.56. The van der Waals surface area contributed by atoms with Gasteiger partial charge >= 0.3 is 0 Å². The van der Waals surface area contributed by atoms with Gasteiger partial charge in [0, 0.05) is 12.0 Å². The SMILES string of the molecule is COc1ccc(OC)c(Nc2ccc(NC(=O)C3CCCCC3)nn2)c1. The van der Waals surface area contributed by atoms with Crippen molar-refractivity contribution in [2.24, 2.45) is 5.92 Å². The molecule has 2 N–H and O–H groups in total. The number of hydrogen-bond donors (Lipinski definition) is 2. The number of amides is 1. The van der Waals surface area contributed by atoms with Gasteiger partial charge in [0.05, 0.1) is 19.9 Å². The molecule has 0 radical (unpaired) electrons. The molecule has 138 valence electrons. The predicted octanol–water partition coefficient (Wildman–Crippen LogP) is 3.76. The maximum atomic E-state index is 12.3. The minimum Gasteiger partial charge on any atom is -0.497 e. The molecule has 7 nitrogen and oxygen atoms in total. The van der Waals surface area contributed by atoms with Crippen LogP contribution >= 0.6 is 0 Å². The lowest BCUT2D eigenvalue weighted by Gasteiger charge is -2.20. The fourth-order valence-electron chi connectivity index (χ4n) is 3.11. The van der Waals surface area contributed by atoms with Gasteiger partial charge in [0.2, 0.25) is 5.91 Å². The molecule has 3 rings (SSSR count). The number of rotatable bonds is 6. The highest BCUT2D eigenvalue weighted by Gasteiger charge is 2.21. The van der Waals surface area contributed by atoms with Crippen LogP contribution in [0.3, 0.4) is 0 Å². The standard InChI is InChI=1S/C19H24N4O3/c1-25-14-8-9-16(26-2)15(12-14)20-17-10-11-18(23-22-17)21-19(24)13-6-4-3-5-7-13/h8-13H,3-7H2,1-2H3,(H,20,22)(H,21,23,24). The molecule has 1 aliphatic rings. The van der Waals surface area contributed by atoms with E-state index >= 15 is 0 Å². The number of nitrogens with one attached hydrogen (secondary N) is 2. The summed E-state index contributed by atoms with van der Waals surface area (Å²) in [6, 6.07) is 8.96. The van der Waals surface area contributed by atoms with Crippen molar-refractivity contribution < 1.29 is 14.3 Å². The Kier molecular flexibility index (Phi) is 5.88. The summed E-state index contributed by atoms with van der Waals surface area (Å²) >= 11 is 0. The van der Waals surface area contributed by atoms with E-state index in [0.29, 0.717) is 23.1 Å². The molecule has 0 bridgehead atoms. The Hall–Kier alpha value is -2.83. The van der Waals surface area contributed by atoms with Gasteiger partial charge in [-0.1, -0.05) is 19.3 Å². The zero-order valence-corrected chi connectivity index (χ0v) is 15.1. The monoisotopic (exact) mass is 356 g/mol. The fourth-order valence-corrected chi connectivity index (χ4v) is 3.11. The molecule has 0 saturated heterocycles. The first-order valence-corrected chi connectivity index (χ1v) is 8.83. The number of hydrogen-bond acceptors (Lipinski definition) is 6.